The Balaban J connectivity index is 2.84. The van der Waals surface area contributed by atoms with E-state index in [9.17, 15) is 5.21 Å². The van der Waals surface area contributed by atoms with Gasteiger partial charge in [0.25, 0.3) is 0 Å². The molecule has 1 aliphatic rings. The maximum absolute atomic E-state index is 11.2. The summed E-state index contributed by atoms with van der Waals surface area (Å²) in [6, 6.07) is 0. The van der Waals surface area contributed by atoms with Crippen molar-refractivity contribution < 1.29 is 5.06 Å². The highest BCUT2D eigenvalue weighted by molar-refractivity contribution is 4.96. The van der Waals surface area contributed by atoms with Crippen molar-refractivity contribution in [3.05, 3.63) is 5.21 Å². The predicted octanol–water partition coefficient (Wildman–Crippen LogP) is -0.513. The summed E-state index contributed by atoms with van der Waals surface area (Å²) in [5.74, 6) is 0. The van der Waals surface area contributed by atoms with E-state index in [1.807, 2.05) is 13.8 Å². The molecule has 0 bridgehead atoms. The van der Waals surface area contributed by atoms with Crippen LogP contribution in [0, 0.1) is 5.21 Å². The van der Waals surface area contributed by atoms with Gasteiger partial charge < -0.3 is 10.3 Å². The molecule has 3 heteroatoms. The van der Waals surface area contributed by atoms with Crippen LogP contribution in [-0.2, 0) is 0 Å². The summed E-state index contributed by atoms with van der Waals surface area (Å²) in [7, 11) is 0. The molecule has 2 N–H and O–H groups in total. The summed E-state index contributed by atoms with van der Waals surface area (Å²) in [5, 5.41) is 14.8. The van der Waals surface area contributed by atoms with Crippen LogP contribution in [0.2, 0.25) is 0 Å². The molecule has 3 nitrogen and oxygen atoms in total. The lowest BCUT2D eigenvalue weighted by Crippen LogP contribution is -3.14. The SMILES string of the molecule is CC1(C)NC[NH+]([O-])C1(C)C. The van der Waals surface area contributed by atoms with Crippen LogP contribution >= 0.6 is 0 Å². The minimum Gasteiger partial charge on any atom is -0.633 e. The van der Waals surface area contributed by atoms with E-state index in [0.717, 1.165) is 0 Å². The Morgan fingerprint density at radius 3 is 1.90 bits per heavy atom. The zero-order valence-electron chi connectivity index (χ0n) is 7.12. The third-order valence-electron chi connectivity index (χ3n) is 2.95. The normalized spacial score (nSPS) is 36.3. The first-order valence-electron chi connectivity index (χ1n) is 3.66. The van der Waals surface area contributed by atoms with Crippen LogP contribution < -0.4 is 10.4 Å². The molecular formula is C7H16N2O. The summed E-state index contributed by atoms with van der Waals surface area (Å²) in [6.45, 7) is 8.65. The quantitative estimate of drug-likeness (QED) is 0.449. The monoisotopic (exact) mass is 144 g/mol. The average Bonchev–Trinajstić information content (AvgIpc) is 1.94. The maximum Gasteiger partial charge on any atom is 0.131 e. The minimum atomic E-state index is -0.201. The van der Waals surface area contributed by atoms with Crippen molar-refractivity contribution in [3.63, 3.8) is 0 Å². The van der Waals surface area contributed by atoms with Gasteiger partial charge in [0.1, 0.15) is 12.2 Å². The second kappa shape index (κ2) is 1.94. The molecule has 0 aromatic heterocycles. The van der Waals surface area contributed by atoms with Crippen molar-refractivity contribution in [2.45, 2.75) is 38.8 Å². The summed E-state index contributed by atoms with van der Waals surface area (Å²) in [4.78, 5) is 0. The van der Waals surface area contributed by atoms with Crippen LogP contribution in [0.1, 0.15) is 27.7 Å². The molecule has 1 fully saturated rings. The summed E-state index contributed by atoms with van der Waals surface area (Å²) in [6.07, 6.45) is 0. The molecule has 0 amide bonds. The second-order valence-electron chi connectivity index (χ2n) is 4.03. The van der Waals surface area contributed by atoms with Crippen molar-refractivity contribution >= 4 is 0 Å². The Labute approximate surface area is 62.0 Å². The van der Waals surface area contributed by atoms with E-state index >= 15 is 0 Å². The third kappa shape index (κ3) is 0.856. The molecule has 0 spiro atoms. The molecule has 0 aromatic carbocycles. The first kappa shape index (κ1) is 7.98. The van der Waals surface area contributed by atoms with Gasteiger partial charge in [-0.05, 0) is 27.7 Å². The van der Waals surface area contributed by atoms with Gasteiger partial charge in [-0.2, -0.15) is 0 Å². The molecule has 1 aliphatic heterocycles. The molecule has 0 saturated carbocycles. The molecule has 1 atom stereocenters. The smallest absolute Gasteiger partial charge is 0.131 e. The number of nitrogens with one attached hydrogen (secondary N) is 2. The van der Waals surface area contributed by atoms with Crippen molar-refractivity contribution in [2.24, 2.45) is 0 Å². The Morgan fingerprint density at radius 1 is 1.30 bits per heavy atom. The first-order valence-corrected chi connectivity index (χ1v) is 3.66. The van der Waals surface area contributed by atoms with Crippen molar-refractivity contribution in [1.82, 2.24) is 5.32 Å². The lowest BCUT2D eigenvalue weighted by Gasteiger charge is -2.38. The van der Waals surface area contributed by atoms with Crippen LogP contribution in [0.3, 0.4) is 0 Å². The molecule has 0 radical (unpaired) electrons. The van der Waals surface area contributed by atoms with Gasteiger partial charge >= 0.3 is 0 Å². The number of hydrogen-bond donors (Lipinski definition) is 2. The molecule has 1 heterocycles. The van der Waals surface area contributed by atoms with E-state index in [-0.39, 0.29) is 11.1 Å². The highest BCUT2D eigenvalue weighted by Gasteiger charge is 2.47. The van der Waals surface area contributed by atoms with Gasteiger partial charge in [0, 0.05) is 0 Å². The topological polar surface area (TPSA) is 39.5 Å². The molecular weight excluding hydrogens is 128 g/mol. The van der Waals surface area contributed by atoms with Gasteiger partial charge in [0.15, 0.2) is 0 Å². The van der Waals surface area contributed by atoms with Crippen molar-refractivity contribution in [2.75, 3.05) is 6.67 Å². The Bertz CT molecular complexity index is 143. The van der Waals surface area contributed by atoms with Crippen LogP contribution in [0.4, 0.5) is 0 Å². The van der Waals surface area contributed by atoms with E-state index in [0.29, 0.717) is 11.7 Å². The fourth-order valence-corrected chi connectivity index (χ4v) is 1.09. The average molecular weight is 144 g/mol. The Morgan fingerprint density at radius 2 is 1.80 bits per heavy atom. The van der Waals surface area contributed by atoms with Crippen LogP contribution in [0.15, 0.2) is 0 Å². The van der Waals surface area contributed by atoms with Crippen LogP contribution in [0.5, 0.6) is 0 Å². The zero-order chi connectivity index (χ0) is 7.99. The molecule has 10 heavy (non-hydrogen) atoms. The van der Waals surface area contributed by atoms with Crippen molar-refractivity contribution in [3.8, 4) is 0 Å². The van der Waals surface area contributed by atoms with E-state index in [2.05, 4.69) is 19.2 Å². The van der Waals surface area contributed by atoms with Gasteiger partial charge in [0.2, 0.25) is 0 Å². The van der Waals surface area contributed by atoms with E-state index in [1.165, 1.54) is 0 Å². The Hall–Kier alpha value is -0.120. The molecule has 60 valence electrons. The lowest BCUT2D eigenvalue weighted by molar-refractivity contribution is -0.889. The molecule has 1 saturated heterocycles. The highest BCUT2D eigenvalue weighted by atomic mass is 16.5. The van der Waals surface area contributed by atoms with E-state index < -0.39 is 0 Å². The van der Waals surface area contributed by atoms with Gasteiger partial charge in [-0.3, -0.25) is 5.32 Å². The molecule has 0 aromatic rings. The van der Waals surface area contributed by atoms with Gasteiger partial charge in [-0.15, -0.1) is 0 Å². The van der Waals surface area contributed by atoms with Crippen molar-refractivity contribution in [1.29, 1.82) is 0 Å². The largest absolute Gasteiger partial charge is 0.633 e. The van der Waals surface area contributed by atoms with Crippen LogP contribution in [0.25, 0.3) is 0 Å². The predicted molar refractivity (Wildman–Crippen MR) is 40.5 cm³/mol. The standard InChI is InChI=1S/C7H16N2O/c1-6(2)7(3,4)9(10)5-8-6/h8-9H,5H2,1-4H3. The van der Waals surface area contributed by atoms with Gasteiger partial charge in [0.05, 0.1) is 5.54 Å². The first-order chi connectivity index (χ1) is 4.38. The number of quaternary nitrogens is 1. The second-order valence-corrected chi connectivity index (χ2v) is 4.03. The Kier molecular flexibility index (Phi) is 1.54. The maximum atomic E-state index is 11.2. The van der Waals surface area contributed by atoms with Gasteiger partial charge in [-0.1, -0.05) is 0 Å². The minimum absolute atomic E-state index is 0.0376. The third-order valence-corrected chi connectivity index (χ3v) is 2.95. The molecule has 1 unspecified atom stereocenters. The number of rotatable bonds is 0. The van der Waals surface area contributed by atoms with E-state index in [4.69, 9.17) is 0 Å². The number of hydrogen-bond acceptors (Lipinski definition) is 2. The lowest BCUT2D eigenvalue weighted by atomic mass is 9.84. The van der Waals surface area contributed by atoms with Gasteiger partial charge in [-0.25, -0.2) is 0 Å². The summed E-state index contributed by atoms with van der Waals surface area (Å²) >= 11 is 0. The summed E-state index contributed by atoms with van der Waals surface area (Å²) < 4.78 is 0. The fraction of sp³-hybridized carbons (Fsp3) is 1.00. The summed E-state index contributed by atoms with van der Waals surface area (Å²) in [5.41, 5.74) is -0.239. The fourth-order valence-electron chi connectivity index (χ4n) is 1.09. The highest BCUT2D eigenvalue weighted by Crippen LogP contribution is 2.19. The van der Waals surface area contributed by atoms with Crippen LogP contribution in [-0.4, -0.2) is 17.7 Å². The molecule has 0 aliphatic carbocycles. The molecule has 1 rings (SSSR count). The van der Waals surface area contributed by atoms with E-state index in [1.54, 1.807) is 0 Å². The number of hydroxylamine groups is 2. The zero-order valence-corrected chi connectivity index (χ0v) is 7.12.